The zero-order chi connectivity index (χ0) is 13.2. The molecule has 1 aliphatic carbocycles. The number of rotatable bonds is 5. The van der Waals surface area contributed by atoms with E-state index in [9.17, 15) is 4.39 Å². The van der Waals surface area contributed by atoms with Gasteiger partial charge < -0.3 is 5.32 Å². The minimum atomic E-state index is -0.189. The molecular formula is C15H18FN3. The van der Waals surface area contributed by atoms with Crippen molar-refractivity contribution in [1.29, 1.82) is 0 Å². The van der Waals surface area contributed by atoms with Gasteiger partial charge in [-0.15, -0.1) is 0 Å². The van der Waals surface area contributed by atoms with Crippen LogP contribution in [0, 0.1) is 5.82 Å². The maximum atomic E-state index is 14.0. The highest BCUT2D eigenvalue weighted by Gasteiger charge is 2.20. The fraction of sp³-hybridized carbons (Fsp3) is 0.400. The summed E-state index contributed by atoms with van der Waals surface area (Å²) in [5.41, 5.74) is 2.59. The fourth-order valence-corrected chi connectivity index (χ4v) is 2.24. The van der Waals surface area contributed by atoms with Crippen LogP contribution >= 0.6 is 0 Å². The number of nitrogens with zero attached hydrogens (tertiary/aromatic N) is 2. The van der Waals surface area contributed by atoms with Crippen molar-refractivity contribution in [3.05, 3.63) is 41.8 Å². The van der Waals surface area contributed by atoms with Crippen LogP contribution in [0.15, 0.2) is 30.5 Å². The van der Waals surface area contributed by atoms with Crippen LogP contribution in [0.2, 0.25) is 0 Å². The van der Waals surface area contributed by atoms with Crippen LogP contribution in [0.3, 0.4) is 0 Å². The van der Waals surface area contributed by atoms with E-state index in [1.165, 1.54) is 12.8 Å². The van der Waals surface area contributed by atoms with E-state index >= 15 is 0 Å². The zero-order valence-corrected chi connectivity index (χ0v) is 11.1. The van der Waals surface area contributed by atoms with Gasteiger partial charge in [-0.1, -0.05) is 6.07 Å². The second-order valence-electron chi connectivity index (χ2n) is 5.00. The second kappa shape index (κ2) is 5.13. The first-order valence-corrected chi connectivity index (χ1v) is 6.82. The van der Waals surface area contributed by atoms with Crippen molar-refractivity contribution in [3.8, 4) is 11.3 Å². The molecule has 0 amide bonds. The van der Waals surface area contributed by atoms with Crippen LogP contribution in [0.25, 0.3) is 11.3 Å². The Labute approximate surface area is 112 Å². The molecule has 100 valence electrons. The Bertz CT molecular complexity index is 573. The first-order chi connectivity index (χ1) is 9.28. The molecule has 0 unspecified atom stereocenters. The first-order valence-electron chi connectivity index (χ1n) is 6.82. The topological polar surface area (TPSA) is 29.9 Å². The lowest BCUT2D eigenvalue weighted by Crippen LogP contribution is -2.15. The van der Waals surface area contributed by atoms with E-state index in [2.05, 4.69) is 10.4 Å². The standard InChI is InChI=1S/C15H18FN3/c1-2-19-15(7-8-18-19)13-9-11(3-6-14(13)16)10-17-12-4-5-12/h3,6-9,12,17H,2,4-5,10H2,1H3. The van der Waals surface area contributed by atoms with Crippen molar-refractivity contribution >= 4 is 0 Å². The Morgan fingerprint density at radius 3 is 2.95 bits per heavy atom. The summed E-state index contributed by atoms with van der Waals surface area (Å²) in [4.78, 5) is 0. The average molecular weight is 259 g/mol. The summed E-state index contributed by atoms with van der Waals surface area (Å²) >= 11 is 0. The van der Waals surface area contributed by atoms with Crippen LogP contribution in [-0.2, 0) is 13.1 Å². The van der Waals surface area contributed by atoms with Crippen LogP contribution in [0.4, 0.5) is 4.39 Å². The summed E-state index contributed by atoms with van der Waals surface area (Å²) in [7, 11) is 0. The monoisotopic (exact) mass is 259 g/mol. The van der Waals surface area contributed by atoms with Crippen molar-refractivity contribution in [3.63, 3.8) is 0 Å². The van der Waals surface area contributed by atoms with Crippen molar-refractivity contribution in [2.75, 3.05) is 0 Å². The van der Waals surface area contributed by atoms with Gasteiger partial charge in [-0.05, 0) is 43.5 Å². The van der Waals surface area contributed by atoms with Gasteiger partial charge in [0.15, 0.2) is 0 Å². The van der Waals surface area contributed by atoms with Gasteiger partial charge in [0, 0.05) is 30.9 Å². The van der Waals surface area contributed by atoms with Gasteiger partial charge in [0.2, 0.25) is 0 Å². The molecule has 1 aliphatic rings. The Morgan fingerprint density at radius 2 is 2.21 bits per heavy atom. The highest BCUT2D eigenvalue weighted by Crippen LogP contribution is 2.25. The van der Waals surface area contributed by atoms with Gasteiger partial charge in [-0.25, -0.2) is 4.39 Å². The lowest BCUT2D eigenvalue weighted by Gasteiger charge is -2.09. The number of benzene rings is 1. The van der Waals surface area contributed by atoms with E-state index in [-0.39, 0.29) is 5.82 Å². The molecule has 2 aromatic rings. The Balaban J connectivity index is 1.88. The normalized spacial score (nSPS) is 14.8. The Morgan fingerprint density at radius 1 is 1.37 bits per heavy atom. The van der Waals surface area contributed by atoms with E-state index in [0.717, 1.165) is 24.3 Å². The van der Waals surface area contributed by atoms with Crippen LogP contribution < -0.4 is 5.32 Å². The van der Waals surface area contributed by atoms with Crippen molar-refractivity contribution in [2.45, 2.75) is 38.9 Å². The van der Waals surface area contributed by atoms with Crippen LogP contribution in [0.5, 0.6) is 0 Å². The molecule has 4 heteroatoms. The van der Waals surface area contributed by atoms with Gasteiger partial charge in [-0.3, -0.25) is 4.68 Å². The Kier molecular flexibility index (Phi) is 3.34. The summed E-state index contributed by atoms with van der Waals surface area (Å²) in [6.45, 7) is 3.55. The molecule has 1 heterocycles. The fourth-order valence-electron chi connectivity index (χ4n) is 2.24. The SMILES string of the molecule is CCn1nccc1-c1cc(CNC2CC2)ccc1F. The highest BCUT2D eigenvalue weighted by atomic mass is 19.1. The van der Waals surface area contributed by atoms with Gasteiger partial charge in [0.25, 0.3) is 0 Å². The molecule has 0 saturated heterocycles. The molecule has 0 radical (unpaired) electrons. The Hall–Kier alpha value is -1.68. The summed E-state index contributed by atoms with van der Waals surface area (Å²) < 4.78 is 15.8. The van der Waals surface area contributed by atoms with Crippen molar-refractivity contribution in [1.82, 2.24) is 15.1 Å². The summed E-state index contributed by atoms with van der Waals surface area (Å²) in [6, 6.07) is 7.84. The van der Waals surface area contributed by atoms with Gasteiger partial charge >= 0.3 is 0 Å². The third kappa shape index (κ3) is 2.68. The maximum absolute atomic E-state index is 14.0. The minimum Gasteiger partial charge on any atom is -0.310 e. The predicted molar refractivity (Wildman–Crippen MR) is 73.2 cm³/mol. The van der Waals surface area contributed by atoms with Crippen LogP contribution in [-0.4, -0.2) is 15.8 Å². The molecule has 0 atom stereocenters. The number of aromatic nitrogens is 2. The molecule has 1 saturated carbocycles. The smallest absolute Gasteiger partial charge is 0.132 e. The van der Waals surface area contributed by atoms with E-state index in [1.54, 1.807) is 12.3 Å². The number of nitrogens with one attached hydrogen (secondary N) is 1. The van der Waals surface area contributed by atoms with Gasteiger partial charge in [0.1, 0.15) is 5.82 Å². The van der Waals surface area contributed by atoms with E-state index < -0.39 is 0 Å². The molecule has 0 spiro atoms. The molecule has 3 rings (SSSR count). The van der Waals surface area contributed by atoms with Gasteiger partial charge in [0.05, 0.1) is 5.69 Å². The molecule has 3 nitrogen and oxygen atoms in total. The van der Waals surface area contributed by atoms with E-state index in [4.69, 9.17) is 0 Å². The average Bonchev–Trinajstić information content (AvgIpc) is 3.13. The second-order valence-corrected chi connectivity index (χ2v) is 5.00. The molecule has 0 bridgehead atoms. The number of aryl methyl sites for hydroxylation is 1. The third-order valence-electron chi connectivity index (χ3n) is 3.50. The van der Waals surface area contributed by atoms with Crippen LogP contribution in [0.1, 0.15) is 25.3 Å². The molecule has 1 N–H and O–H groups in total. The summed E-state index contributed by atoms with van der Waals surface area (Å²) in [5, 5.41) is 7.65. The summed E-state index contributed by atoms with van der Waals surface area (Å²) in [5.74, 6) is -0.189. The van der Waals surface area contributed by atoms with E-state index in [0.29, 0.717) is 11.6 Å². The predicted octanol–water partition coefficient (Wildman–Crippen LogP) is 2.96. The van der Waals surface area contributed by atoms with Crippen molar-refractivity contribution < 1.29 is 4.39 Å². The van der Waals surface area contributed by atoms with Gasteiger partial charge in [-0.2, -0.15) is 5.10 Å². The van der Waals surface area contributed by atoms with Crippen molar-refractivity contribution in [2.24, 2.45) is 0 Å². The first kappa shape index (κ1) is 12.4. The largest absolute Gasteiger partial charge is 0.310 e. The molecule has 1 aromatic carbocycles. The summed E-state index contributed by atoms with van der Waals surface area (Å²) in [6.07, 6.45) is 4.24. The lowest BCUT2D eigenvalue weighted by atomic mass is 10.1. The minimum absolute atomic E-state index is 0.189. The number of halogens is 1. The van der Waals surface area contributed by atoms with E-state index in [1.807, 2.05) is 29.8 Å². The number of hydrogen-bond donors (Lipinski definition) is 1. The number of hydrogen-bond acceptors (Lipinski definition) is 2. The molecule has 19 heavy (non-hydrogen) atoms. The maximum Gasteiger partial charge on any atom is 0.132 e. The molecule has 1 fully saturated rings. The third-order valence-corrected chi connectivity index (χ3v) is 3.50. The molecule has 1 aromatic heterocycles. The highest BCUT2D eigenvalue weighted by molar-refractivity contribution is 5.61. The lowest BCUT2D eigenvalue weighted by molar-refractivity contribution is 0.619. The quantitative estimate of drug-likeness (QED) is 0.894. The molecule has 0 aliphatic heterocycles. The molecular weight excluding hydrogens is 241 g/mol. The zero-order valence-electron chi connectivity index (χ0n) is 11.1.